The standard InChI is InChI=1S/C13H20N6O3/c1-16-9-10(17(2)13(22)15-11(9)21)14-12(16)19-5-3-18(4-6-19)7-8-20/h20H,3-8H2,1-2H3,(H,15,21,22). The Balaban J connectivity index is 1.98. The molecule has 1 saturated heterocycles. The highest BCUT2D eigenvalue weighted by Gasteiger charge is 2.23. The van der Waals surface area contributed by atoms with Gasteiger partial charge in [-0.3, -0.25) is 19.2 Å². The molecule has 9 heteroatoms. The average molecular weight is 308 g/mol. The van der Waals surface area contributed by atoms with Gasteiger partial charge >= 0.3 is 5.69 Å². The Hall–Kier alpha value is -2.13. The second kappa shape index (κ2) is 5.58. The Morgan fingerprint density at radius 3 is 2.45 bits per heavy atom. The van der Waals surface area contributed by atoms with Gasteiger partial charge in [-0.1, -0.05) is 0 Å². The van der Waals surface area contributed by atoms with Crippen molar-refractivity contribution in [3.05, 3.63) is 20.8 Å². The predicted octanol–water partition coefficient (Wildman–Crippen LogP) is -1.93. The van der Waals surface area contributed by atoms with Gasteiger partial charge in [-0.15, -0.1) is 0 Å². The molecule has 2 aromatic heterocycles. The van der Waals surface area contributed by atoms with Crippen molar-refractivity contribution in [1.29, 1.82) is 0 Å². The Bertz CT molecular complexity index is 796. The van der Waals surface area contributed by atoms with Crippen LogP contribution < -0.4 is 16.1 Å². The molecule has 9 nitrogen and oxygen atoms in total. The van der Waals surface area contributed by atoms with Crippen LogP contribution in [0.1, 0.15) is 0 Å². The van der Waals surface area contributed by atoms with Crippen molar-refractivity contribution in [2.75, 3.05) is 44.2 Å². The minimum absolute atomic E-state index is 0.157. The molecule has 0 atom stereocenters. The van der Waals surface area contributed by atoms with E-state index in [9.17, 15) is 9.59 Å². The predicted molar refractivity (Wildman–Crippen MR) is 82.3 cm³/mol. The third-order valence-electron chi connectivity index (χ3n) is 4.18. The molecule has 120 valence electrons. The summed E-state index contributed by atoms with van der Waals surface area (Å²) in [7, 11) is 3.38. The molecule has 3 rings (SSSR count). The van der Waals surface area contributed by atoms with Crippen LogP contribution >= 0.6 is 0 Å². The quantitative estimate of drug-likeness (QED) is 0.685. The Kier molecular flexibility index (Phi) is 3.75. The molecule has 1 aliphatic rings. The minimum Gasteiger partial charge on any atom is -0.395 e. The SMILES string of the molecule is Cn1c(N2CCN(CCO)CC2)nc2c1c(=O)[nH]c(=O)n2C. The number of hydrogen-bond donors (Lipinski definition) is 2. The molecule has 0 bridgehead atoms. The number of aromatic amines is 1. The third kappa shape index (κ3) is 2.32. The molecule has 2 aromatic rings. The fourth-order valence-corrected chi connectivity index (χ4v) is 2.89. The number of aliphatic hydroxyl groups is 1. The van der Waals surface area contributed by atoms with Crippen LogP contribution in [0.15, 0.2) is 9.59 Å². The van der Waals surface area contributed by atoms with Crippen LogP contribution in [0.3, 0.4) is 0 Å². The van der Waals surface area contributed by atoms with E-state index in [0.29, 0.717) is 23.7 Å². The van der Waals surface area contributed by atoms with Gasteiger partial charge < -0.3 is 14.6 Å². The maximum Gasteiger partial charge on any atom is 0.329 e. The van der Waals surface area contributed by atoms with Gasteiger partial charge in [-0.05, 0) is 0 Å². The van der Waals surface area contributed by atoms with Crippen LogP contribution in [0.5, 0.6) is 0 Å². The smallest absolute Gasteiger partial charge is 0.329 e. The van der Waals surface area contributed by atoms with E-state index >= 15 is 0 Å². The lowest BCUT2D eigenvalue weighted by Crippen LogP contribution is -2.48. The van der Waals surface area contributed by atoms with E-state index in [-0.39, 0.29) is 6.61 Å². The molecule has 0 aliphatic carbocycles. The van der Waals surface area contributed by atoms with Gasteiger partial charge in [0.05, 0.1) is 6.61 Å². The molecule has 1 aliphatic heterocycles. The highest BCUT2D eigenvalue weighted by Crippen LogP contribution is 2.18. The van der Waals surface area contributed by atoms with Crippen molar-refractivity contribution in [2.24, 2.45) is 14.1 Å². The van der Waals surface area contributed by atoms with Crippen molar-refractivity contribution in [3.63, 3.8) is 0 Å². The molecule has 3 heterocycles. The van der Waals surface area contributed by atoms with Crippen LogP contribution in [0.25, 0.3) is 11.2 Å². The Morgan fingerprint density at radius 1 is 1.14 bits per heavy atom. The first-order valence-corrected chi connectivity index (χ1v) is 7.27. The summed E-state index contributed by atoms with van der Waals surface area (Å²) in [6, 6.07) is 0. The number of nitrogens with zero attached hydrogens (tertiary/aromatic N) is 5. The number of hydrogen-bond acceptors (Lipinski definition) is 6. The van der Waals surface area contributed by atoms with Crippen LogP contribution in [0.4, 0.5) is 5.95 Å². The van der Waals surface area contributed by atoms with Crippen LogP contribution in [-0.2, 0) is 14.1 Å². The molecule has 0 amide bonds. The first-order valence-electron chi connectivity index (χ1n) is 7.27. The zero-order valence-corrected chi connectivity index (χ0v) is 12.7. The maximum atomic E-state index is 12.0. The fraction of sp³-hybridized carbons (Fsp3) is 0.615. The number of piperazine rings is 1. The van der Waals surface area contributed by atoms with Gasteiger partial charge in [0.15, 0.2) is 11.2 Å². The second-order valence-electron chi connectivity index (χ2n) is 5.51. The van der Waals surface area contributed by atoms with Crippen molar-refractivity contribution in [1.82, 2.24) is 24.0 Å². The lowest BCUT2D eigenvalue weighted by atomic mass is 10.3. The maximum absolute atomic E-state index is 12.0. The van der Waals surface area contributed by atoms with E-state index < -0.39 is 11.2 Å². The van der Waals surface area contributed by atoms with Crippen molar-refractivity contribution in [2.45, 2.75) is 0 Å². The lowest BCUT2D eigenvalue weighted by molar-refractivity contribution is 0.188. The molecule has 0 aromatic carbocycles. The van der Waals surface area contributed by atoms with Crippen LogP contribution in [-0.4, -0.2) is 68.4 Å². The number of aryl methyl sites for hydroxylation is 2. The number of anilines is 1. The summed E-state index contributed by atoms with van der Waals surface area (Å²) in [5.74, 6) is 0.686. The molecule has 1 fully saturated rings. The van der Waals surface area contributed by atoms with E-state index in [0.717, 1.165) is 26.2 Å². The van der Waals surface area contributed by atoms with Crippen molar-refractivity contribution >= 4 is 17.1 Å². The monoisotopic (exact) mass is 308 g/mol. The molecule has 0 spiro atoms. The Labute approximate surface area is 126 Å². The summed E-state index contributed by atoms with van der Waals surface area (Å²) < 4.78 is 3.08. The number of fused-ring (bicyclic) bond motifs is 1. The van der Waals surface area contributed by atoms with Gasteiger partial charge in [0, 0.05) is 46.8 Å². The first kappa shape index (κ1) is 14.8. The Morgan fingerprint density at radius 2 is 1.82 bits per heavy atom. The molecular formula is C13H20N6O3. The molecular weight excluding hydrogens is 288 g/mol. The minimum atomic E-state index is -0.463. The number of H-pyrrole nitrogens is 1. The molecule has 0 saturated carbocycles. The summed E-state index contributed by atoms with van der Waals surface area (Å²) in [4.78, 5) is 34.8. The van der Waals surface area contributed by atoms with E-state index in [1.54, 1.807) is 18.7 Å². The van der Waals surface area contributed by atoms with Gasteiger partial charge in [-0.25, -0.2) is 4.79 Å². The van der Waals surface area contributed by atoms with Crippen LogP contribution in [0.2, 0.25) is 0 Å². The van der Waals surface area contributed by atoms with E-state index in [4.69, 9.17) is 5.11 Å². The summed E-state index contributed by atoms with van der Waals surface area (Å²) >= 11 is 0. The zero-order chi connectivity index (χ0) is 15.9. The largest absolute Gasteiger partial charge is 0.395 e. The molecule has 0 unspecified atom stereocenters. The van der Waals surface area contributed by atoms with Crippen molar-refractivity contribution in [3.8, 4) is 0 Å². The number of rotatable bonds is 3. The van der Waals surface area contributed by atoms with E-state index in [1.165, 1.54) is 4.57 Å². The topological polar surface area (TPSA) is 99.4 Å². The summed E-state index contributed by atoms with van der Waals surface area (Å²) in [5.41, 5.74) is -0.0906. The summed E-state index contributed by atoms with van der Waals surface area (Å²) in [6.07, 6.45) is 0. The van der Waals surface area contributed by atoms with Crippen molar-refractivity contribution < 1.29 is 5.11 Å². The summed E-state index contributed by atoms with van der Waals surface area (Å²) in [6.45, 7) is 4.03. The van der Waals surface area contributed by atoms with Gasteiger partial charge in [0.25, 0.3) is 5.56 Å². The lowest BCUT2D eigenvalue weighted by Gasteiger charge is -2.34. The number of aromatic nitrogens is 4. The second-order valence-corrected chi connectivity index (χ2v) is 5.51. The third-order valence-corrected chi connectivity index (χ3v) is 4.18. The average Bonchev–Trinajstić information content (AvgIpc) is 2.84. The van der Waals surface area contributed by atoms with Gasteiger partial charge in [0.2, 0.25) is 5.95 Å². The van der Waals surface area contributed by atoms with E-state index in [2.05, 4.69) is 19.8 Å². The first-order chi connectivity index (χ1) is 10.5. The number of imidazole rings is 1. The molecule has 0 radical (unpaired) electrons. The van der Waals surface area contributed by atoms with Gasteiger partial charge in [0.1, 0.15) is 0 Å². The molecule has 22 heavy (non-hydrogen) atoms. The fourth-order valence-electron chi connectivity index (χ4n) is 2.89. The zero-order valence-electron chi connectivity index (χ0n) is 12.7. The summed E-state index contributed by atoms with van der Waals surface area (Å²) in [5, 5.41) is 8.99. The van der Waals surface area contributed by atoms with E-state index in [1.807, 2.05) is 0 Å². The molecule has 2 N–H and O–H groups in total. The normalized spacial score (nSPS) is 16.6. The number of aliphatic hydroxyl groups excluding tert-OH is 1. The highest BCUT2D eigenvalue weighted by molar-refractivity contribution is 5.74. The highest BCUT2D eigenvalue weighted by atomic mass is 16.3. The number of nitrogens with one attached hydrogen (secondary N) is 1. The van der Waals surface area contributed by atoms with Gasteiger partial charge in [-0.2, -0.15) is 4.98 Å². The number of β-amino-alcohol motifs (C(OH)–C–C–N with tert-alkyl or cyclic N) is 1. The van der Waals surface area contributed by atoms with Crippen LogP contribution in [0, 0.1) is 0 Å².